The Morgan fingerprint density at radius 2 is 2.45 bits per heavy atom. The van der Waals surface area contributed by atoms with Crippen LogP contribution in [-0.2, 0) is 0 Å². The van der Waals surface area contributed by atoms with Gasteiger partial charge < -0.3 is 0 Å². The molecule has 1 aliphatic carbocycles. The zero-order valence-corrected chi connectivity index (χ0v) is 7.01. The van der Waals surface area contributed by atoms with Gasteiger partial charge >= 0.3 is 0 Å². The van der Waals surface area contributed by atoms with E-state index in [9.17, 15) is 0 Å². The van der Waals surface area contributed by atoms with Gasteiger partial charge in [0.25, 0.3) is 0 Å². The van der Waals surface area contributed by atoms with E-state index in [-0.39, 0.29) is 0 Å². The van der Waals surface area contributed by atoms with E-state index in [0.29, 0.717) is 0 Å². The van der Waals surface area contributed by atoms with E-state index < -0.39 is 0 Å². The maximum Gasteiger partial charge on any atom is 0.0121 e. The van der Waals surface area contributed by atoms with E-state index in [0.717, 1.165) is 12.8 Å². The zero-order chi connectivity index (χ0) is 8.10. The van der Waals surface area contributed by atoms with Crippen molar-refractivity contribution < 1.29 is 0 Å². The van der Waals surface area contributed by atoms with Crippen LogP contribution in [0.2, 0.25) is 0 Å². The molecular formula is C11H14. The molecule has 0 saturated carbocycles. The lowest BCUT2D eigenvalue weighted by atomic mass is 9.95. The molecule has 2 radical (unpaired) electrons. The second-order valence-electron chi connectivity index (χ2n) is 2.61. The predicted molar refractivity (Wildman–Crippen MR) is 49.9 cm³/mol. The van der Waals surface area contributed by atoms with Crippen molar-refractivity contribution in [3.05, 3.63) is 48.8 Å². The van der Waals surface area contributed by atoms with Crippen molar-refractivity contribution in [3.8, 4) is 0 Å². The molecule has 11 heavy (non-hydrogen) atoms. The quantitative estimate of drug-likeness (QED) is 0.561. The molecule has 0 fully saturated rings. The van der Waals surface area contributed by atoms with Crippen molar-refractivity contribution >= 4 is 0 Å². The molecule has 0 N–H and O–H groups in total. The Morgan fingerprint density at radius 3 is 3.09 bits per heavy atom. The Balaban J connectivity index is 2.75. The Bertz CT molecular complexity index is 204. The highest BCUT2D eigenvalue weighted by Crippen LogP contribution is 2.21. The summed E-state index contributed by atoms with van der Waals surface area (Å²) < 4.78 is 0. The second kappa shape index (κ2) is 4.17. The maximum absolute atomic E-state index is 3.90. The first-order valence-electron chi connectivity index (χ1n) is 4.02. The Hall–Kier alpha value is -0.780. The molecule has 58 valence electrons. The molecule has 0 aromatic heterocycles. The van der Waals surface area contributed by atoms with Gasteiger partial charge in [-0.15, -0.1) is 0 Å². The van der Waals surface area contributed by atoms with Crippen LogP contribution < -0.4 is 0 Å². The van der Waals surface area contributed by atoms with E-state index in [1.807, 2.05) is 6.92 Å². The minimum absolute atomic E-state index is 0.917. The van der Waals surface area contributed by atoms with Crippen LogP contribution in [0.1, 0.15) is 19.8 Å². The summed E-state index contributed by atoms with van der Waals surface area (Å²) in [5.74, 6) is 0. The molecule has 0 nitrogen and oxygen atoms in total. The molecule has 0 heteroatoms. The van der Waals surface area contributed by atoms with Crippen molar-refractivity contribution in [3.63, 3.8) is 0 Å². The lowest BCUT2D eigenvalue weighted by Gasteiger charge is -2.11. The summed E-state index contributed by atoms with van der Waals surface area (Å²) in [7, 11) is 0. The van der Waals surface area contributed by atoms with Gasteiger partial charge in [-0.25, -0.2) is 0 Å². The molecule has 0 aromatic rings. The minimum Gasteiger partial charge on any atom is -0.0874 e. The Labute approximate surface area is 69.3 Å². The third kappa shape index (κ3) is 2.07. The van der Waals surface area contributed by atoms with E-state index in [1.165, 1.54) is 11.1 Å². The van der Waals surface area contributed by atoms with Gasteiger partial charge in [-0.2, -0.15) is 0 Å². The van der Waals surface area contributed by atoms with Crippen molar-refractivity contribution in [2.45, 2.75) is 19.8 Å². The second-order valence-corrected chi connectivity index (χ2v) is 2.61. The molecule has 0 amide bonds. The van der Waals surface area contributed by atoms with Gasteiger partial charge in [-0.1, -0.05) is 29.9 Å². The first-order chi connectivity index (χ1) is 5.38. The zero-order valence-electron chi connectivity index (χ0n) is 7.01. The highest BCUT2D eigenvalue weighted by molar-refractivity contribution is 5.40. The molecule has 0 saturated heterocycles. The fourth-order valence-electron chi connectivity index (χ4n) is 1.22. The maximum atomic E-state index is 3.90. The van der Waals surface area contributed by atoms with Gasteiger partial charge in [0, 0.05) is 6.42 Å². The monoisotopic (exact) mass is 146 g/mol. The average molecular weight is 146 g/mol. The van der Waals surface area contributed by atoms with Gasteiger partial charge in [0.05, 0.1) is 0 Å². The smallest absolute Gasteiger partial charge is 0.0121 e. The summed E-state index contributed by atoms with van der Waals surface area (Å²) in [5.41, 5.74) is 2.77. The molecule has 0 atom stereocenters. The van der Waals surface area contributed by atoms with Gasteiger partial charge in [-0.3, -0.25) is 0 Å². The summed E-state index contributed by atoms with van der Waals surface area (Å²) >= 11 is 0. The van der Waals surface area contributed by atoms with Crippen molar-refractivity contribution in [1.82, 2.24) is 0 Å². The van der Waals surface area contributed by atoms with Crippen LogP contribution in [0.15, 0.2) is 35.5 Å². The average Bonchev–Trinajstić information content (AvgIpc) is 2.06. The van der Waals surface area contributed by atoms with Crippen molar-refractivity contribution in [2.24, 2.45) is 0 Å². The molecule has 1 aliphatic rings. The summed E-state index contributed by atoms with van der Waals surface area (Å²) in [4.78, 5) is 0. The normalized spacial score (nSPS) is 18.4. The van der Waals surface area contributed by atoms with Gasteiger partial charge in [0.15, 0.2) is 0 Å². The molecule has 0 bridgehead atoms. The standard InChI is InChI=1S/C11H14/c1-3-7-11-9-6-5-8-10(11)4-2/h3,5-7,9H,2,4,8H2,1H3/b7-3-. The first-order valence-corrected chi connectivity index (χ1v) is 4.02. The first kappa shape index (κ1) is 8.32. The van der Waals surface area contributed by atoms with Crippen LogP contribution in [-0.4, -0.2) is 0 Å². The number of hydrogen-bond donors (Lipinski definition) is 0. The van der Waals surface area contributed by atoms with Crippen LogP contribution in [0.4, 0.5) is 0 Å². The highest BCUT2D eigenvalue weighted by atomic mass is 14.1. The van der Waals surface area contributed by atoms with Crippen LogP contribution in [0.5, 0.6) is 0 Å². The molecular weight excluding hydrogens is 132 g/mol. The van der Waals surface area contributed by atoms with Crippen molar-refractivity contribution in [2.75, 3.05) is 0 Å². The fraction of sp³-hybridized carbons (Fsp3) is 0.273. The summed E-state index contributed by atoms with van der Waals surface area (Å²) in [6.07, 6.45) is 12.6. The van der Waals surface area contributed by atoms with Crippen LogP contribution in [0, 0.1) is 13.3 Å². The molecule has 0 unspecified atom stereocenters. The number of allylic oxidation sites excluding steroid dienone is 6. The van der Waals surface area contributed by atoms with Gasteiger partial charge in [-0.05, 0) is 32.3 Å². The Morgan fingerprint density at radius 1 is 1.64 bits per heavy atom. The number of rotatable bonds is 2. The number of hydrogen-bond acceptors (Lipinski definition) is 0. The SMILES string of the molecule is [CH2]CC1=C(/C=C\C)[CH]C=CC1. The summed E-state index contributed by atoms with van der Waals surface area (Å²) in [5, 5.41) is 0. The third-order valence-corrected chi connectivity index (χ3v) is 1.83. The minimum atomic E-state index is 0.917. The summed E-state index contributed by atoms with van der Waals surface area (Å²) in [6.45, 7) is 5.94. The Kier molecular flexibility index (Phi) is 3.15. The fourth-order valence-corrected chi connectivity index (χ4v) is 1.22. The lowest BCUT2D eigenvalue weighted by Crippen LogP contribution is -1.92. The predicted octanol–water partition coefficient (Wildman–Crippen LogP) is 3.25. The molecule has 0 aromatic carbocycles. The largest absolute Gasteiger partial charge is 0.0874 e. The van der Waals surface area contributed by atoms with Crippen LogP contribution in [0.25, 0.3) is 0 Å². The molecule has 0 aliphatic heterocycles. The highest BCUT2D eigenvalue weighted by Gasteiger charge is 2.03. The molecule has 0 spiro atoms. The topological polar surface area (TPSA) is 0 Å². The van der Waals surface area contributed by atoms with Crippen LogP contribution >= 0.6 is 0 Å². The third-order valence-electron chi connectivity index (χ3n) is 1.83. The van der Waals surface area contributed by atoms with E-state index in [2.05, 4.69) is 37.6 Å². The van der Waals surface area contributed by atoms with Crippen LogP contribution in [0.3, 0.4) is 0 Å². The van der Waals surface area contributed by atoms with E-state index in [1.54, 1.807) is 0 Å². The van der Waals surface area contributed by atoms with Gasteiger partial charge in [0.2, 0.25) is 0 Å². The van der Waals surface area contributed by atoms with Crippen molar-refractivity contribution in [1.29, 1.82) is 0 Å². The molecule has 0 heterocycles. The van der Waals surface area contributed by atoms with E-state index in [4.69, 9.17) is 0 Å². The van der Waals surface area contributed by atoms with E-state index >= 15 is 0 Å². The summed E-state index contributed by atoms with van der Waals surface area (Å²) in [6, 6.07) is 0. The molecule has 1 rings (SSSR count). The van der Waals surface area contributed by atoms with Gasteiger partial charge in [0.1, 0.15) is 0 Å². The lowest BCUT2D eigenvalue weighted by molar-refractivity contribution is 1.06.